The van der Waals surface area contributed by atoms with E-state index in [0.717, 1.165) is 25.7 Å². The molecule has 1 aromatic rings. The Morgan fingerprint density at radius 1 is 0.882 bits per heavy atom. The monoisotopic (exact) mass is 230 g/mol. The number of allylic oxidation sites excluding steroid dienone is 1. The minimum Gasteiger partial charge on any atom is -0.103 e. The zero-order chi connectivity index (χ0) is 12.7. The molecule has 0 heterocycles. The number of benzene rings is 1. The average Bonchev–Trinajstić information content (AvgIpc) is 2.38. The number of unbranched alkanes of at least 4 members (excludes halogenated alkanes) is 1. The van der Waals surface area contributed by atoms with Crippen LogP contribution < -0.4 is 0 Å². The van der Waals surface area contributed by atoms with Crippen molar-refractivity contribution >= 4 is 0 Å². The lowest BCUT2D eigenvalue weighted by Gasteiger charge is -2.14. The summed E-state index contributed by atoms with van der Waals surface area (Å²) in [4.78, 5) is 0. The Balaban J connectivity index is 2.97. The Kier molecular flexibility index (Phi) is 6.04. The van der Waals surface area contributed by atoms with Gasteiger partial charge in [-0.05, 0) is 60.8 Å². The second-order valence-corrected chi connectivity index (χ2v) is 4.63. The Labute approximate surface area is 107 Å². The van der Waals surface area contributed by atoms with E-state index < -0.39 is 0 Å². The number of hydrogen-bond acceptors (Lipinski definition) is 0. The molecular formula is C17H26. The fraction of sp³-hybridized carbons (Fsp3) is 0.529. The topological polar surface area (TPSA) is 0 Å². The second kappa shape index (κ2) is 7.32. The van der Waals surface area contributed by atoms with E-state index in [1.807, 2.05) is 6.08 Å². The maximum atomic E-state index is 3.80. The summed E-state index contributed by atoms with van der Waals surface area (Å²) in [6.45, 7) is 10.6. The van der Waals surface area contributed by atoms with E-state index in [-0.39, 0.29) is 0 Å². The first-order chi connectivity index (χ1) is 8.26. The van der Waals surface area contributed by atoms with Gasteiger partial charge in [0.05, 0.1) is 0 Å². The van der Waals surface area contributed by atoms with Crippen molar-refractivity contribution in [2.45, 2.75) is 59.3 Å². The van der Waals surface area contributed by atoms with Gasteiger partial charge in [-0.1, -0.05) is 39.0 Å². The third-order valence-corrected chi connectivity index (χ3v) is 3.52. The van der Waals surface area contributed by atoms with Gasteiger partial charge in [0.2, 0.25) is 0 Å². The van der Waals surface area contributed by atoms with Crippen molar-refractivity contribution in [2.75, 3.05) is 0 Å². The van der Waals surface area contributed by atoms with Gasteiger partial charge < -0.3 is 0 Å². The Morgan fingerprint density at radius 2 is 1.35 bits per heavy atom. The molecule has 94 valence electrons. The van der Waals surface area contributed by atoms with E-state index in [0.29, 0.717) is 0 Å². The zero-order valence-electron chi connectivity index (χ0n) is 11.7. The number of hydrogen-bond donors (Lipinski definition) is 0. The van der Waals surface area contributed by atoms with Gasteiger partial charge in [-0.2, -0.15) is 0 Å². The fourth-order valence-corrected chi connectivity index (χ4v) is 2.45. The van der Waals surface area contributed by atoms with Gasteiger partial charge in [0.15, 0.2) is 0 Å². The van der Waals surface area contributed by atoms with Crippen molar-refractivity contribution < 1.29 is 0 Å². The number of rotatable bonds is 7. The van der Waals surface area contributed by atoms with Crippen LogP contribution in [-0.4, -0.2) is 0 Å². The quantitative estimate of drug-likeness (QED) is 0.462. The van der Waals surface area contributed by atoms with Gasteiger partial charge in [-0.15, -0.1) is 6.58 Å². The summed E-state index contributed by atoms with van der Waals surface area (Å²) in [5.74, 6) is 0. The molecule has 1 rings (SSSR count). The van der Waals surface area contributed by atoms with Crippen molar-refractivity contribution in [3.8, 4) is 0 Å². The highest BCUT2D eigenvalue weighted by Crippen LogP contribution is 2.21. The molecule has 17 heavy (non-hydrogen) atoms. The average molecular weight is 230 g/mol. The lowest BCUT2D eigenvalue weighted by Crippen LogP contribution is -2.00. The maximum Gasteiger partial charge on any atom is -0.0273 e. The molecule has 0 spiro atoms. The van der Waals surface area contributed by atoms with Crippen LogP contribution in [0, 0.1) is 0 Å². The summed E-state index contributed by atoms with van der Waals surface area (Å²) in [7, 11) is 0. The van der Waals surface area contributed by atoms with Gasteiger partial charge >= 0.3 is 0 Å². The van der Waals surface area contributed by atoms with E-state index in [1.165, 1.54) is 18.4 Å². The van der Waals surface area contributed by atoms with Crippen LogP contribution >= 0.6 is 0 Å². The minimum absolute atomic E-state index is 1.13. The zero-order valence-corrected chi connectivity index (χ0v) is 11.7. The lowest BCUT2D eigenvalue weighted by atomic mass is 9.92. The Bertz CT molecular complexity index is 361. The Morgan fingerprint density at radius 3 is 1.82 bits per heavy atom. The molecule has 0 amide bonds. The number of aryl methyl sites for hydroxylation is 4. The molecule has 0 aliphatic carbocycles. The molecule has 0 heteroatoms. The molecule has 0 radical (unpaired) electrons. The summed E-state index contributed by atoms with van der Waals surface area (Å²) < 4.78 is 0. The molecule has 0 saturated carbocycles. The van der Waals surface area contributed by atoms with Gasteiger partial charge in [-0.25, -0.2) is 0 Å². The normalized spacial score (nSPS) is 10.5. The molecule has 0 nitrogen and oxygen atoms in total. The van der Waals surface area contributed by atoms with Crippen LogP contribution in [0.1, 0.15) is 55.9 Å². The third-order valence-electron chi connectivity index (χ3n) is 3.52. The molecule has 0 aromatic heterocycles. The summed E-state index contributed by atoms with van der Waals surface area (Å²) in [6.07, 6.45) is 9.04. The van der Waals surface area contributed by atoms with Crippen molar-refractivity contribution in [1.29, 1.82) is 0 Å². The van der Waals surface area contributed by atoms with Crippen LogP contribution in [0.25, 0.3) is 0 Å². The van der Waals surface area contributed by atoms with E-state index >= 15 is 0 Å². The van der Waals surface area contributed by atoms with Crippen LogP contribution in [0.5, 0.6) is 0 Å². The van der Waals surface area contributed by atoms with Gasteiger partial charge in [0.25, 0.3) is 0 Å². The van der Waals surface area contributed by atoms with E-state index in [9.17, 15) is 0 Å². The highest BCUT2D eigenvalue weighted by molar-refractivity contribution is 5.39. The first kappa shape index (κ1) is 14.0. The highest BCUT2D eigenvalue weighted by Gasteiger charge is 2.06. The highest BCUT2D eigenvalue weighted by atomic mass is 14.1. The second-order valence-electron chi connectivity index (χ2n) is 4.63. The van der Waals surface area contributed by atoms with Crippen LogP contribution in [0.4, 0.5) is 0 Å². The molecule has 0 saturated heterocycles. The van der Waals surface area contributed by atoms with E-state index in [2.05, 4.69) is 39.5 Å². The first-order valence-electron chi connectivity index (χ1n) is 7.01. The molecule has 0 unspecified atom stereocenters. The standard InChI is InChI=1S/C17H26/c1-5-9-10-11-17-13-15(7-3)14(6-2)12-16(17)8-4/h5,12-13H,1,6-11H2,2-4H3. The van der Waals surface area contributed by atoms with Crippen molar-refractivity contribution in [3.63, 3.8) is 0 Å². The van der Waals surface area contributed by atoms with E-state index in [4.69, 9.17) is 0 Å². The van der Waals surface area contributed by atoms with Gasteiger partial charge in [-0.3, -0.25) is 0 Å². The molecular weight excluding hydrogens is 204 g/mol. The van der Waals surface area contributed by atoms with Gasteiger partial charge in [0, 0.05) is 0 Å². The summed E-state index contributed by atoms with van der Waals surface area (Å²) in [6, 6.07) is 4.88. The van der Waals surface area contributed by atoms with Crippen LogP contribution in [0.15, 0.2) is 24.8 Å². The van der Waals surface area contributed by atoms with Crippen LogP contribution in [-0.2, 0) is 25.7 Å². The molecule has 0 atom stereocenters. The molecule has 0 bridgehead atoms. The molecule has 0 fully saturated rings. The van der Waals surface area contributed by atoms with Crippen molar-refractivity contribution in [3.05, 3.63) is 47.0 Å². The summed E-state index contributed by atoms with van der Waals surface area (Å²) in [5, 5.41) is 0. The van der Waals surface area contributed by atoms with Crippen molar-refractivity contribution in [2.24, 2.45) is 0 Å². The smallest absolute Gasteiger partial charge is 0.0273 e. The summed E-state index contributed by atoms with van der Waals surface area (Å²) in [5.41, 5.74) is 6.18. The van der Waals surface area contributed by atoms with Gasteiger partial charge in [0.1, 0.15) is 0 Å². The van der Waals surface area contributed by atoms with Crippen molar-refractivity contribution in [1.82, 2.24) is 0 Å². The van der Waals surface area contributed by atoms with E-state index in [1.54, 1.807) is 16.7 Å². The fourth-order valence-electron chi connectivity index (χ4n) is 2.45. The maximum absolute atomic E-state index is 3.80. The molecule has 0 N–H and O–H groups in total. The largest absolute Gasteiger partial charge is 0.103 e. The van der Waals surface area contributed by atoms with Crippen LogP contribution in [0.3, 0.4) is 0 Å². The molecule has 0 aliphatic rings. The predicted octanol–water partition coefficient (Wildman–Crippen LogP) is 4.88. The lowest BCUT2D eigenvalue weighted by molar-refractivity contribution is 0.827. The third kappa shape index (κ3) is 3.73. The molecule has 0 aliphatic heterocycles. The first-order valence-corrected chi connectivity index (χ1v) is 7.01. The van der Waals surface area contributed by atoms with Crippen LogP contribution in [0.2, 0.25) is 0 Å². The Hall–Kier alpha value is -1.04. The predicted molar refractivity (Wildman–Crippen MR) is 77.7 cm³/mol. The summed E-state index contributed by atoms with van der Waals surface area (Å²) >= 11 is 0. The SMILES string of the molecule is C=CCCCc1cc(CC)c(CC)cc1CC. The minimum atomic E-state index is 1.13. The molecule has 1 aromatic carbocycles.